The van der Waals surface area contributed by atoms with Crippen molar-refractivity contribution in [3.8, 4) is 17.0 Å². The third-order valence-corrected chi connectivity index (χ3v) is 8.97. The average molecular weight is 570 g/mol. The number of ether oxygens (including phenoxy) is 2. The molecule has 2 amide bonds. The highest BCUT2D eigenvalue weighted by molar-refractivity contribution is 6.35. The lowest BCUT2D eigenvalue weighted by atomic mass is 10.1. The normalized spacial score (nSPS) is 25.1. The van der Waals surface area contributed by atoms with Crippen molar-refractivity contribution < 1.29 is 23.5 Å². The Balaban J connectivity index is 1.42. The number of aromatic nitrogens is 1. The second kappa shape index (κ2) is 10.6. The molecule has 2 aromatic rings. The minimum absolute atomic E-state index is 0.0757. The van der Waals surface area contributed by atoms with Crippen LogP contribution in [0.15, 0.2) is 36.9 Å². The highest BCUT2D eigenvalue weighted by Gasteiger charge is 2.44. The molecule has 3 fully saturated rings. The molecule has 2 unspecified atom stereocenters. The molecule has 40 heavy (non-hydrogen) atoms. The van der Waals surface area contributed by atoms with Gasteiger partial charge < -0.3 is 24.2 Å². The largest absolute Gasteiger partial charge is 0.489 e. The summed E-state index contributed by atoms with van der Waals surface area (Å²) in [6.45, 7) is 9.30. The first-order chi connectivity index (χ1) is 19.3. The zero-order valence-corrected chi connectivity index (χ0v) is 23.4. The molecule has 1 aromatic heterocycles. The zero-order chi connectivity index (χ0) is 28.1. The lowest BCUT2D eigenvalue weighted by Crippen LogP contribution is -2.57. The van der Waals surface area contributed by atoms with E-state index in [1.807, 2.05) is 0 Å². The summed E-state index contributed by atoms with van der Waals surface area (Å²) in [5.41, 5.74) is 0.775. The van der Waals surface area contributed by atoms with Crippen molar-refractivity contribution in [3.05, 3.63) is 53.3 Å². The van der Waals surface area contributed by atoms with E-state index in [1.165, 1.54) is 12.1 Å². The molecule has 0 aliphatic carbocycles. The highest BCUT2D eigenvalue weighted by Crippen LogP contribution is 2.45. The fourth-order valence-corrected chi connectivity index (χ4v) is 6.59. The molecule has 6 rings (SSSR count). The summed E-state index contributed by atoms with van der Waals surface area (Å²) < 4.78 is 26.8. The van der Waals surface area contributed by atoms with Crippen LogP contribution in [0.4, 0.5) is 10.2 Å². The van der Waals surface area contributed by atoms with Crippen LogP contribution in [0.25, 0.3) is 11.3 Å². The maximum Gasteiger partial charge on any atom is 0.261 e. The quantitative estimate of drug-likeness (QED) is 0.512. The van der Waals surface area contributed by atoms with Gasteiger partial charge in [-0.25, -0.2) is 9.37 Å². The number of pyridine rings is 1. The number of rotatable bonds is 5. The smallest absolute Gasteiger partial charge is 0.261 e. The number of amides is 2. The van der Waals surface area contributed by atoms with Gasteiger partial charge in [0.1, 0.15) is 28.8 Å². The molecule has 0 spiro atoms. The molecule has 4 aliphatic rings. The summed E-state index contributed by atoms with van der Waals surface area (Å²) >= 11 is 6.88. The van der Waals surface area contributed by atoms with Crippen LogP contribution in [-0.2, 0) is 9.53 Å². The molecule has 0 radical (unpaired) electrons. The maximum atomic E-state index is 15.0. The first kappa shape index (κ1) is 27.0. The summed E-state index contributed by atoms with van der Waals surface area (Å²) in [5.74, 6) is -0.226. The summed E-state index contributed by atoms with van der Waals surface area (Å²) in [4.78, 5) is 39.4. The molecule has 3 atom stereocenters. The molecule has 1 aromatic carbocycles. The van der Waals surface area contributed by atoms with E-state index in [-0.39, 0.29) is 64.7 Å². The standard InChI is InChI=1S/C29H33ClFN5O4/c1-4-23(37)33-9-10-35-19(12-33)16-40-27-24(29(35)38)28(32-26(25(27)30)21-7-5-6-8-22(21)31)36-13-18(11-17(36)2)34-14-20(15-34)39-3/h4-8,17-20H,1,9-16H2,2-3H3/t17-,18?,19?/m0/s1. The molecule has 3 saturated heterocycles. The Morgan fingerprint density at radius 1 is 1.18 bits per heavy atom. The van der Waals surface area contributed by atoms with E-state index in [0.29, 0.717) is 37.6 Å². The van der Waals surface area contributed by atoms with Gasteiger partial charge in [0.15, 0.2) is 5.75 Å². The molecule has 5 heterocycles. The Hall–Kier alpha value is -3.21. The minimum Gasteiger partial charge on any atom is -0.489 e. The molecule has 9 nitrogen and oxygen atoms in total. The van der Waals surface area contributed by atoms with Crippen LogP contribution in [-0.4, -0.2) is 109 Å². The van der Waals surface area contributed by atoms with Crippen molar-refractivity contribution in [3.63, 3.8) is 0 Å². The van der Waals surface area contributed by atoms with E-state index < -0.39 is 5.82 Å². The molecular formula is C29H33ClFN5O4. The van der Waals surface area contributed by atoms with E-state index in [4.69, 9.17) is 26.1 Å². The predicted octanol–water partition coefficient (Wildman–Crippen LogP) is 3.07. The van der Waals surface area contributed by atoms with Gasteiger partial charge in [0.2, 0.25) is 5.91 Å². The number of piperazine rings is 1. The van der Waals surface area contributed by atoms with Gasteiger partial charge in [-0.15, -0.1) is 0 Å². The molecule has 0 saturated carbocycles. The number of carbonyl (C=O) groups is 2. The lowest BCUT2D eigenvalue weighted by Gasteiger charge is -2.42. The Kier molecular flexibility index (Phi) is 7.18. The fourth-order valence-electron chi connectivity index (χ4n) is 6.29. The number of hydrogen-bond acceptors (Lipinski definition) is 7. The van der Waals surface area contributed by atoms with Crippen molar-refractivity contribution in [2.75, 3.05) is 57.9 Å². The van der Waals surface area contributed by atoms with Gasteiger partial charge in [-0.2, -0.15) is 0 Å². The van der Waals surface area contributed by atoms with Gasteiger partial charge in [0.25, 0.3) is 5.91 Å². The van der Waals surface area contributed by atoms with E-state index >= 15 is 4.39 Å². The number of likely N-dealkylation sites (tertiary alicyclic amines) is 1. The van der Waals surface area contributed by atoms with E-state index in [9.17, 15) is 9.59 Å². The van der Waals surface area contributed by atoms with Crippen LogP contribution in [0.1, 0.15) is 23.7 Å². The summed E-state index contributed by atoms with van der Waals surface area (Å²) in [6, 6.07) is 6.31. The van der Waals surface area contributed by atoms with Gasteiger partial charge in [-0.1, -0.05) is 30.3 Å². The van der Waals surface area contributed by atoms with Crippen LogP contribution in [0.2, 0.25) is 5.02 Å². The first-order valence-corrected chi connectivity index (χ1v) is 14.1. The predicted molar refractivity (Wildman–Crippen MR) is 149 cm³/mol. The Morgan fingerprint density at radius 3 is 2.67 bits per heavy atom. The number of fused-ring (bicyclic) bond motifs is 2. The van der Waals surface area contributed by atoms with Crippen LogP contribution < -0.4 is 9.64 Å². The third-order valence-electron chi connectivity index (χ3n) is 8.62. The fraction of sp³-hybridized carbons (Fsp3) is 0.483. The SMILES string of the molecule is C=CC(=O)N1CCN2C(=O)c3c(N4CC(N5CC(OC)C5)C[C@@H]4C)nc(-c4ccccc4F)c(Cl)c3OCC2C1. The molecule has 0 bridgehead atoms. The summed E-state index contributed by atoms with van der Waals surface area (Å²) in [5, 5.41) is 0.102. The van der Waals surface area contributed by atoms with Crippen LogP contribution >= 0.6 is 11.6 Å². The second-order valence-corrected chi connectivity index (χ2v) is 11.3. The monoisotopic (exact) mass is 569 g/mol. The summed E-state index contributed by atoms with van der Waals surface area (Å²) in [7, 11) is 1.73. The number of anilines is 1. The van der Waals surface area contributed by atoms with Crippen LogP contribution in [0.5, 0.6) is 5.75 Å². The van der Waals surface area contributed by atoms with Crippen molar-refractivity contribution >= 4 is 29.2 Å². The van der Waals surface area contributed by atoms with Gasteiger partial charge >= 0.3 is 0 Å². The molecule has 212 valence electrons. The Bertz CT molecular complexity index is 1350. The van der Waals surface area contributed by atoms with Crippen molar-refractivity contribution in [1.29, 1.82) is 0 Å². The van der Waals surface area contributed by atoms with Crippen LogP contribution in [0.3, 0.4) is 0 Å². The molecular weight excluding hydrogens is 537 g/mol. The first-order valence-electron chi connectivity index (χ1n) is 13.7. The second-order valence-electron chi connectivity index (χ2n) is 10.9. The van der Waals surface area contributed by atoms with E-state index in [1.54, 1.807) is 35.1 Å². The van der Waals surface area contributed by atoms with Crippen LogP contribution in [0, 0.1) is 5.82 Å². The summed E-state index contributed by atoms with van der Waals surface area (Å²) in [6.07, 6.45) is 2.41. The number of hydrogen-bond donors (Lipinski definition) is 0. The highest BCUT2D eigenvalue weighted by atomic mass is 35.5. The van der Waals surface area contributed by atoms with Crippen molar-refractivity contribution in [2.24, 2.45) is 0 Å². The van der Waals surface area contributed by atoms with Gasteiger partial charge in [-0.05, 0) is 31.6 Å². The number of benzene rings is 1. The molecule has 11 heteroatoms. The number of nitrogens with zero attached hydrogens (tertiary/aromatic N) is 5. The maximum absolute atomic E-state index is 15.0. The molecule has 4 aliphatic heterocycles. The van der Waals surface area contributed by atoms with Crippen molar-refractivity contribution in [2.45, 2.75) is 37.6 Å². The third kappa shape index (κ3) is 4.52. The Morgan fingerprint density at radius 2 is 1.95 bits per heavy atom. The van der Waals surface area contributed by atoms with Gasteiger partial charge in [-0.3, -0.25) is 14.5 Å². The number of methoxy groups -OCH3 is 1. The topological polar surface area (TPSA) is 78.5 Å². The number of halogens is 2. The van der Waals surface area contributed by atoms with Crippen molar-refractivity contribution in [1.82, 2.24) is 19.7 Å². The zero-order valence-electron chi connectivity index (χ0n) is 22.7. The van der Waals surface area contributed by atoms with E-state index in [2.05, 4.69) is 23.3 Å². The van der Waals surface area contributed by atoms with Gasteiger partial charge in [0, 0.05) is 64.0 Å². The number of carbonyl (C=O) groups excluding carboxylic acids is 2. The van der Waals surface area contributed by atoms with Gasteiger partial charge in [0.05, 0.1) is 17.8 Å². The Labute approximate surface area is 238 Å². The molecule has 0 N–H and O–H groups in total. The average Bonchev–Trinajstić information content (AvgIpc) is 3.24. The minimum atomic E-state index is -0.461. The van der Waals surface area contributed by atoms with E-state index in [0.717, 1.165) is 19.5 Å². The lowest BCUT2D eigenvalue weighted by molar-refractivity contribution is -0.128.